The van der Waals surface area contributed by atoms with E-state index in [2.05, 4.69) is 5.32 Å². The number of nitrogens with one attached hydrogen (secondary N) is 1. The summed E-state index contributed by atoms with van der Waals surface area (Å²) < 4.78 is 27.3. The minimum Gasteiger partial charge on any atom is -0.478 e. The lowest BCUT2D eigenvalue weighted by Crippen LogP contribution is -2.39. The highest BCUT2D eigenvalue weighted by atomic mass is 32.2. The molecule has 3 rings (SSSR count). The lowest BCUT2D eigenvalue weighted by Gasteiger charge is -2.23. The molecule has 0 spiro atoms. The van der Waals surface area contributed by atoms with Crippen LogP contribution < -0.4 is 5.32 Å². The Morgan fingerprint density at radius 1 is 1.40 bits per heavy atom. The third-order valence-electron chi connectivity index (χ3n) is 4.85. The van der Waals surface area contributed by atoms with Gasteiger partial charge in [0.1, 0.15) is 4.21 Å². The van der Waals surface area contributed by atoms with Gasteiger partial charge in [0.15, 0.2) is 0 Å². The first-order valence-corrected chi connectivity index (χ1v) is 10.3. The number of carboxylic acids is 1. The first kappa shape index (κ1) is 18.3. The third-order valence-corrected chi connectivity index (χ3v) is 8.45. The summed E-state index contributed by atoms with van der Waals surface area (Å²) in [5.74, 6) is -1.32. The Morgan fingerprint density at radius 2 is 2.12 bits per heavy atom. The van der Waals surface area contributed by atoms with Crippen molar-refractivity contribution in [3.05, 3.63) is 16.0 Å². The van der Waals surface area contributed by atoms with E-state index in [4.69, 9.17) is 0 Å². The standard InChI is InChI=1S/C15H21N3O5S2/c1-9(19)17(2)10-4-6-18(8-10)25(22,23)15-13(14(20)21)11-3-5-16-7-12(11)24-15/h10,16H,3-8H2,1-2H3,(H,20,21). The molecular formula is C15H21N3O5S2. The molecule has 138 valence electrons. The highest BCUT2D eigenvalue weighted by molar-refractivity contribution is 7.91. The van der Waals surface area contributed by atoms with Crippen LogP contribution in [0.4, 0.5) is 0 Å². The Labute approximate surface area is 150 Å². The minimum absolute atomic E-state index is 0.0788. The molecule has 10 heteroatoms. The second-order valence-corrected chi connectivity index (χ2v) is 9.57. The number of thiophene rings is 1. The number of fused-ring (bicyclic) bond motifs is 1. The third kappa shape index (κ3) is 3.19. The zero-order valence-corrected chi connectivity index (χ0v) is 15.7. The summed E-state index contributed by atoms with van der Waals surface area (Å²) in [6, 6.07) is -0.184. The van der Waals surface area contributed by atoms with Crippen molar-refractivity contribution < 1.29 is 23.1 Å². The van der Waals surface area contributed by atoms with E-state index in [9.17, 15) is 23.1 Å². The average molecular weight is 387 g/mol. The molecule has 8 nitrogen and oxygen atoms in total. The van der Waals surface area contributed by atoms with Crippen LogP contribution in [0.2, 0.25) is 0 Å². The summed E-state index contributed by atoms with van der Waals surface area (Å²) in [7, 11) is -2.24. The van der Waals surface area contributed by atoms with Crippen LogP contribution in [0.15, 0.2) is 4.21 Å². The van der Waals surface area contributed by atoms with Crippen LogP contribution >= 0.6 is 11.3 Å². The van der Waals surface area contributed by atoms with Crippen molar-refractivity contribution in [3.63, 3.8) is 0 Å². The number of likely N-dealkylation sites (N-methyl/N-ethyl adjacent to an activating group) is 1. The monoisotopic (exact) mass is 387 g/mol. The van der Waals surface area contributed by atoms with Gasteiger partial charge in [-0.3, -0.25) is 4.79 Å². The lowest BCUT2D eigenvalue weighted by atomic mass is 10.1. The van der Waals surface area contributed by atoms with Gasteiger partial charge in [-0.05, 0) is 24.9 Å². The maximum atomic E-state index is 13.1. The fraction of sp³-hybridized carbons (Fsp3) is 0.600. The van der Waals surface area contributed by atoms with Crippen molar-refractivity contribution in [2.24, 2.45) is 0 Å². The number of carbonyl (C=O) groups excluding carboxylic acids is 1. The van der Waals surface area contributed by atoms with E-state index in [-0.39, 0.29) is 34.8 Å². The van der Waals surface area contributed by atoms with E-state index in [0.29, 0.717) is 31.5 Å². The summed E-state index contributed by atoms with van der Waals surface area (Å²) in [6.45, 7) is 3.05. The second kappa shape index (κ2) is 6.67. The Bertz CT molecular complexity index is 817. The van der Waals surface area contributed by atoms with Crippen molar-refractivity contribution in [2.45, 2.75) is 36.6 Å². The van der Waals surface area contributed by atoms with Crippen LogP contribution in [-0.4, -0.2) is 67.3 Å². The van der Waals surface area contributed by atoms with Crippen LogP contribution in [0.5, 0.6) is 0 Å². The molecule has 1 unspecified atom stereocenters. The fourth-order valence-corrected chi connectivity index (χ4v) is 6.82. The molecule has 25 heavy (non-hydrogen) atoms. The van der Waals surface area contributed by atoms with Crippen LogP contribution in [-0.2, 0) is 27.8 Å². The Balaban J connectivity index is 1.95. The summed E-state index contributed by atoms with van der Waals surface area (Å²) in [5.41, 5.74) is 0.552. The molecule has 2 aliphatic rings. The van der Waals surface area contributed by atoms with Crippen LogP contribution in [0, 0.1) is 0 Å². The molecule has 1 aromatic rings. The molecule has 1 atom stereocenters. The molecule has 1 fully saturated rings. The molecule has 2 aliphatic heterocycles. The van der Waals surface area contributed by atoms with Gasteiger partial charge < -0.3 is 15.3 Å². The van der Waals surface area contributed by atoms with Crippen molar-refractivity contribution in [3.8, 4) is 0 Å². The van der Waals surface area contributed by atoms with Crippen molar-refractivity contribution in [1.82, 2.24) is 14.5 Å². The zero-order valence-electron chi connectivity index (χ0n) is 14.1. The molecule has 0 aliphatic carbocycles. The molecule has 0 radical (unpaired) electrons. The van der Waals surface area contributed by atoms with Gasteiger partial charge in [-0.25, -0.2) is 13.2 Å². The number of hydrogen-bond donors (Lipinski definition) is 2. The first-order chi connectivity index (χ1) is 11.7. The van der Waals surface area contributed by atoms with Gasteiger partial charge in [0.05, 0.1) is 5.56 Å². The van der Waals surface area contributed by atoms with Crippen LogP contribution in [0.3, 0.4) is 0 Å². The number of carbonyl (C=O) groups is 2. The average Bonchev–Trinajstić information content (AvgIpc) is 3.19. The van der Waals surface area contributed by atoms with Crippen molar-refractivity contribution in [2.75, 3.05) is 26.7 Å². The quantitative estimate of drug-likeness (QED) is 0.771. The van der Waals surface area contributed by atoms with Crippen LogP contribution in [0.25, 0.3) is 0 Å². The van der Waals surface area contributed by atoms with Crippen LogP contribution in [0.1, 0.15) is 34.1 Å². The topological polar surface area (TPSA) is 107 Å². The molecule has 1 amide bonds. The number of nitrogens with zero attached hydrogens (tertiary/aromatic N) is 2. The summed E-state index contributed by atoms with van der Waals surface area (Å²) in [4.78, 5) is 25.6. The Morgan fingerprint density at radius 3 is 2.76 bits per heavy atom. The minimum atomic E-state index is -3.90. The highest BCUT2D eigenvalue weighted by Crippen LogP contribution is 2.37. The number of amides is 1. The van der Waals surface area contributed by atoms with E-state index in [0.717, 1.165) is 16.2 Å². The van der Waals surface area contributed by atoms with E-state index >= 15 is 0 Å². The molecule has 0 saturated carbocycles. The smallest absolute Gasteiger partial charge is 0.338 e. The molecule has 1 saturated heterocycles. The molecule has 1 aromatic heterocycles. The van der Waals surface area contributed by atoms with Gasteiger partial charge in [0, 0.05) is 44.5 Å². The molecule has 2 N–H and O–H groups in total. The van der Waals surface area contributed by atoms with E-state index in [1.165, 1.54) is 16.1 Å². The molecular weight excluding hydrogens is 366 g/mol. The fourth-order valence-electron chi connectivity index (χ4n) is 3.33. The number of sulfonamides is 1. The second-order valence-electron chi connectivity index (χ2n) is 6.33. The maximum absolute atomic E-state index is 13.1. The largest absolute Gasteiger partial charge is 0.478 e. The van der Waals surface area contributed by atoms with Gasteiger partial charge in [-0.15, -0.1) is 11.3 Å². The van der Waals surface area contributed by atoms with E-state index in [1.807, 2.05) is 0 Å². The van der Waals surface area contributed by atoms with Gasteiger partial charge in [0.25, 0.3) is 10.0 Å². The van der Waals surface area contributed by atoms with Gasteiger partial charge in [0.2, 0.25) is 5.91 Å². The SMILES string of the molecule is CC(=O)N(C)C1CCN(S(=O)(=O)c2sc3c(c2C(=O)O)CCNC3)C1. The van der Waals surface area contributed by atoms with Gasteiger partial charge in [-0.1, -0.05) is 0 Å². The Kier molecular flexibility index (Phi) is 4.89. The van der Waals surface area contributed by atoms with Gasteiger partial charge in [-0.2, -0.15) is 4.31 Å². The van der Waals surface area contributed by atoms with E-state index < -0.39 is 16.0 Å². The highest BCUT2D eigenvalue weighted by Gasteiger charge is 2.39. The summed E-state index contributed by atoms with van der Waals surface area (Å²) in [5, 5.41) is 12.7. The lowest BCUT2D eigenvalue weighted by molar-refractivity contribution is -0.129. The van der Waals surface area contributed by atoms with E-state index in [1.54, 1.807) is 7.05 Å². The summed E-state index contributed by atoms with van der Waals surface area (Å²) >= 11 is 1.05. The number of rotatable bonds is 4. The maximum Gasteiger partial charge on any atom is 0.338 e. The predicted molar refractivity (Wildman–Crippen MR) is 92.3 cm³/mol. The molecule has 3 heterocycles. The first-order valence-electron chi connectivity index (χ1n) is 8.05. The van der Waals surface area contributed by atoms with Crippen molar-refractivity contribution >= 4 is 33.2 Å². The normalized spacial score (nSPS) is 21.1. The zero-order chi connectivity index (χ0) is 18.4. The number of carboxylic acid groups (broad SMARTS) is 1. The number of hydrogen-bond acceptors (Lipinski definition) is 6. The Hall–Kier alpha value is -1.49. The molecule has 0 bridgehead atoms. The predicted octanol–water partition coefficient (Wildman–Crippen LogP) is 0.333. The van der Waals surface area contributed by atoms with Gasteiger partial charge >= 0.3 is 5.97 Å². The number of aromatic carboxylic acids is 1. The molecule has 0 aromatic carbocycles. The van der Waals surface area contributed by atoms with Crippen molar-refractivity contribution in [1.29, 1.82) is 0 Å². The summed E-state index contributed by atoms with van der Waals surface area (Å²) in [6.07, 6.45) is 1.06.